The van der Waals surface area contributed by atoms with E-state index < -0.39 is 0 Å². The molecule has 1 aromatic carbocycles. The molecule has 5 nitrogen and oxygen atoms in total. The number of H-pyrrole nitrogens is 1. The van der Waals surface area contributed by atoms with Crippen LogP contribution in [0.2, 0.25) is 10.2 Å². The first-order chi connectivity index (χ1) is 14.3. The van der Waals surface area contributed by atoms with Crippen LogP contribution in [0.1, 0.15) is 66.2 Å². The molecule has 0 spiro atoms. The van der Waals surface area contributed by atoms with Crippen LogP contribution < -0.4 is 15.6 Å². The lowest BCUT2D eigenvalue weighted by molar-refractivity contribution is 0.0950. The number of aromatic nitrogens is 1. The number of benzene rings is 1. The highest BCUT2D eigenvalue weighted by Gasteiger charge is 2.24. The second-order valence-electron chi connectivity index (χ2n) is 7.97. The van der Waals surface area contributed by atoms with Crippen molar-refractivity contribution in [3.05, 3.63) is 61.0 Å². The fraction of sp³-hybridized carbons (Fsp3) is 0.478. The molecule has 30 heavy (non-hydrogen) atoms. The average Bonchev–Trinajstić information content (AvgIpc) is 2.70. The minimum Gasteiger partial charge on any atom is -0.369 e. The number of amides is 1. The van der Waals surface area contributed by atoms with Crippen LogP contribution in [0.5, 0.6) is 0 Å². The van der Waals surface area contributed by atoms with Gasteiger partial charge in [0.2, 0.25) is 0 Å². The first kappa shape index (κ1) is 22.7. The predicted octanol–water partition coefficient (Wildman–Crippen LogP) is 5.39. The maximum Gasteiger partial charge on any atom is 0.251 e. The molecule has 2 N–H and O–H groups in total. The van der Waals surface area contributed by atoms with Gasteiger partial charge in [0.15, 0.2) is 5.43 Å². The van der Waals surface area contributed by atoms with E-state index in [2.05, 4.69) is 22.1 Å². The largest absolute Gasteiger partial charge is 0.369 e. The van der Waals surface area contributed by atoms with Crippen molar-refractivity contribution in [3.63, 3.8) is 0 Å². The van der Waals surface area contributed by atoms with E-state index in [0.717, 1.165) is 30.6 Å². The Morgan fingerprint density at radius 2 is 1.87 bits per heavy atom. The van der Waals surface area contributed by atoms with Crippen LogP contribution in [-0.4, -0.2) is 23.5 Å². The van der Waals surface area contributed by atoms with Gasteiger partial charge >= 0.3 is 0 Å². The minimum atomic E-state index is -0.271. The van der Waals surface area contributed by atoms with E-state index in [-0.39, 0.29) is 23.0 Å². The zero-order chi connectivity index (χ0) is 21.8. The molecular weight excluding hydrogens is 421 g/mol. The van der Waals surface area contributed by atoms with E-state index in [9.17, 15) is 9.59 Å². The van der Waals surface area contributed by atoms with Gasteiger partial charge in [-0.2, -0.15) is 0 Å². The summed E-state index contributed by atoms with van der Waals surface area (Å²) < 4.78 is 0. The SMILES string of the molecule is CCN(c1cc(Cl)cc(C(=O)NCc2c(Cl)[nH]c(C)cc2=O)c1C)C1CCCCC1. The number of aryl methyl sites for hydroxylation is 1. The van der Waals surface area contributed by atoms with Crippen LogP contribution in [0.25, 0.3) is 0 Å². The summed E-state index contributed by atoms with van der Waals surface area (Å²) in [5.74, 6) is -0.271. The number of hydrogen-bond donors (Lipinski definition) is 2. The third-order valence-electron chi connectivity index (χ3n) is 5.90. The minimum absolute atomic E-state index is 0.0503. The van der Waals surface area contributed by atoms with Gasteiger partial charge in [-0.15, -0.1) is 0 Å². The number of carbonyl (C=O) groups excluding carboxylic acids is 1. The number of nitrogens with zero attached hydrogens (tertiary/aromatic N) is 1. The van der Waals surface area contributed by atoms with Crippen LogP contribution in [-0.2, 0) is 6.54 Å². The monoisotopic (exact) mass is 449 g/mol. The second kappa shape index (κ2) is 9.88. The third kappa shape index (κ3) is 5.01. The molecule has 1 heterocycles. The Morgan fingerprint density at radius 1 is 1.17 bits per heavy atom. The standard InChI is InChI=1S/C23H29Cl2N3O2/c1-4-28(17-8-6-5-7-9-17)20-12-16(24)11-18(15(20)3)23(30)26-13-19-21(29)10-14(2)27-22(19)25/h10-12,17H,4-9,13H2,1-3H3,(H,26,30)(H,27,29). The summed E-state index contributed by atoms with van der Waals surface area (Å²) in [6, 6.07) is 5.58. The lowest BCUT2D eigenvalue weighted by atomic mass is 9.93. The summed E-state index contributed by atoms with van der Waals surface area (Å²) in [6.45, 7) is 6.77. The zero-order valence-corrected chi connectivity index (χ0v) is 19.3. The molecule has 1 fully saturated rings. The summed E-state index contributed by atoms with van der Waals surface area (Å²) in [5, 5.41) is 3.60. The molecule has 162 valence electrons. The second-order valence-corrected chi connectivity index (χ2v) is 8.78. The maximum absolute atomic E-state index is 13.0. The average molecular weight is 450 g/mol. The summed E-state index contributed by atoms with van der Waals surface area (Å²) in [4.78, 5) is 30.5. The summed E-state index contributed by atoms with van der Waals surface area (Å²) >= 11 is 12.6. The number of halogens is 2. The van der Waals surface area contributed by atoms with Crippen molar-refractivity contribution < 1.29 is 4.79 Å². The van der Waals surface area contributed by atoms with Crippen LogP contribution in [0.3, 0.4) is 0 Å². The first-order valence-electron chi connectivity index (χ1n) is 10.5. The van der Waals surface area contributed by atoms with E-state index in [1.807, 2.05) is 13.0 Å². The Labute approximate surface area is 187 Å². The van der Waals surface area contributed by atoms with Gasteiger partial charge in [0.1, 0.15) is 5.15 Å². The first-order valence-corrected chi connectivity index (χ1v) is 11.3. The number of carbonyl (C=O) groups is 1. The van der Waals surface area contributed by atoms with Gasteiger partial charge in [-0.3, -0.25) is 9.59 Å². The summed E-state index contributed by atoms with van der Waals surface area (Å²) in [5.41, 5.74) is 3.24. The van der Waals surface area contributed by atoms with Crippen molar-refractivity contribution in [3.8, 4) is 0 Å². The molecule has 0 unspecified atom stereocenters. The van der Waals surface area contributed by atoms with Gasteiger partial charge in [0, 0.05) is 47.2 Å². The normalized spacial score (nSPS) is 14.6. The molecular formula is C23H29Cl2N3O2. The smallest absolute Gasteiger partial charge is 0.251 e. The Kier molecular flexibility index (Phi) is 7.48. The van der Waals surface area contributed by atoms with Crippen molar-refractivity contribution >= 4 is 34.8 Å². The predicted molar refractivity (Wildman–Crippen MR) is 124 cm³/mol. The molecule has 0 saturated heterocycles. The Hall–Kier alpha value is -1.98. The van der Waals surface area contributed by atoms with Crippen LogP contribution in [0.4, 0.5) is 5.69 Å². The van der Waals surface area contributed by atoms with Gasteiger partial charge in [-0.05, 0) is 51.3 Å². The van der Waals surface area contributed by atoms with E-state index in [0.29, 0.717) is 27.9 Å². The maximum atomic E-state index is 13.0. The fourth-order valence-corrected chi connectivity index (χ4v) is 4.84. The summed E-state index contributed by atoms with van der Waals surface area (Å²) in [7, 11) is 0. The molecule has 0 radical (unpaired) electrons. The molecule has 1 aliphatic carbocycles. The zero-order valence-electron chi connectivity index (χ0n) is 17.8. The number of anilines is 1. The van der Waals surface area contributed by atoms with Crippen LogP contribution >= 0.6 is 23.2 Å². The number of hydrogen-bond acceptors (Lipinski definition) is 3. The molecule has 0 atom stereocenters. The highest BCUT2D eigenvalue weighted by atomic mass is 35.5. The highest BCUT2D eigenvalue weighted by molar-refractivity contribution is 6.31. The van der Waals surface area contributed by atoms with Crippen molar-refractivity contribution in [1.82, 2.24) is 10.3 Å². The van der Waals surface area contributed by atoms with Crippen molar-refractivity contribution in [2.75, 3.05) is 11.4 Å². The fourth-order valence-electron chi connectivity index (χ4n) is 4.32. The van der Waals surface area contributed by atoms with E-state index in [1.165, 1.54) is 25.3 Å². The van der Waals surface area contributed by atoms with E-state index >= 15 is 0 Å². The summed E-state index contributed by atoms with van der Waals surface area (Å²) in [6.07, 6.45) is 6.09. The van der Waals surface area contributed by atoms with Gasteiger partial charge in [-0.25, -0.2) is 0 Å². The Balaban J connectivity index is 1.85. The lowest BCUT2D eigenvalue weighted by Crippen LogP contribution is -2.37. The molecule has 7 heteroatoms. The number of rotatable bonds is 6. The quantitative estimate of drug-likeness (QED) is 0.581. The number of pyridine rings is 1. The molecule has 2 aromatic rings. The lowest BCUT2D eigenvalue weighted by Gasteiger charge is -2.36. The molecule has 1 saturated carbocycles. The Morgan fingerprint density at radius 3 is 2.50 bits per heavy atom. The van der Waals surface area contributed by atoms with Gasteiger partial charge in [-0.1, -0.05) is 42.5 Å². The molecule has 1 aromatic heterocycles. The van der Waals surface area contributed by atoms with Gasteiger partial charge in [0.05, 0.1) is 5.56 Å². The molecule has 0 aliphatic heterocycles. The number of aromatic amines is 1. The topological polar surface area (TPSA) is 65.2 Å². The van der Waals surface area contributed by atoms with Gasteiger partial charge < -0.3 is 15.2 Å². The highest BCUT2D eigenvalue weighted by Crippen LogP contribution is 2.33. The molecule has 0 bridgehead atoms. The van der Waals surface area contributed by atoms with Crippen LogP contribution in [0, 0.1) is 13.8 Å². The number of nitrogens with one attached hydrogen (secondary N) is 2. The van der Waals surface area contributed by atoms with Crippen molar-refractivity contribution in [2.24, 2.45) is 0 Å². The van der Waals surface area contributed by atoms with Crippen molar-refractivity contribution in [2.45, 2.75) is 65.5 Å². The Bertz CT molecular complexity index is 981. The molecule has 3 rings (SSSR count). The van der Waals surface area contributed by atoms with Gasteiger partial charge in [0.25, 0.3) is 5.91 Å². The van der Waals surface area contributed by atoms with Crippen molar-refractivity contribution in [1.29, 1.82) is 0 Å². The van der Waals surface area contributed by atoms with Crippen LogP contribution in [0.15, 0.2) is 23.0 Å². The van der Waals surface area contributed by atoms with E-state index in [4.69, 9.17) is 23.2 Å². The molecule has 1 aliphatic rings. The third-order valence-corrected chi connectivity index (χ3v) is 6.44. The molecule has 1 amide bonds. The van der Waals surface area contributed by atoms with E-state index in [1.54, 1.807) is 13.0 Å².